The quantitative estimate of drug-likeness (QED) is 0.688. The minimum Gasteiger partial charge on any atom is -0.348 e. The SMILES string of the molecule is O=C(NC1CCCSC1)c1cccc([N+](=O)[O-])c1Cl. The van der Waals surface area contributed by atoms with Gasteiger partial charge in [-0.3, -0.25) is 14.9 Å². The summed E-state index contributed by atoms with van der Waals surface area (Å²) in [6, 6.07) is 4.37. The lowest BCUT2D eigenvalue weighted by Crippen LogP contribution is -2.38. The molecule has 0 aliphatic carbocycles. The van der Waals surface area contributed by atoms with Crippen molar-refractivity contribution in [3.05, 3.63) is 38.9 Å². The van der Waals surface area contributed by atoms with E-state index in [0.29, 0.717) is 0 Å². The molecular weight excluding hydrogens is 288 g/mol. The number of halogens is 1. The van der Waals surface area contributed by atoms with Gasteiger partial charge in [0.1, 0.15) is 5.02 Å². The second-order valence-corrected chi connectivity index (χ2v) is 5.81. The van der Waals surface area contributed by atoms with Gasteiger partial charge >= 0.3 is 0 Å². The number of nitro benzene ring substituents is 1. The van der Waals surface area contributed by atoms with Crippen LogP contribution in [0, 0.1) is 10.1 Å². The number of amides is 1. The van der Waals surface area contributed by atoms with Gasteiger partial charge in [0, 0.05) is 17.9 Å². The number of benzene rings is 1. The Hall–Kier alpha value is -1.27. The summed E-state index contributed by atoms with van der Waals surface area (Å²) in [5, 5.41) is 13.5. The summed E-state index contributed by atoms with van der Waals surface area (Å²) >= 11 is 7.71. The summed E-state index contributed by atoms with van der Waals surface area (Å²) in [6.45, 7) is 0. The van der Waals surface area contributed by atoms with E-state index in [4.69, 9.17) is 11.6 Å². The number of hydrogen-bond acceptors (Lipinski definition) is 4. The summed E-state index contributed by atoms with van der Waals surface area (Å²) in [5.41, 5.74) is -0.0845. The van der Waals surface area contributed by atoms with Crippen molar-refractivity contribution in [1.29, 1.82) is 0 Å². The molecule has 1 amide bonds. The van der Waals surface area contributed by atoms with Crippen LogP contribution in [0.15, 0.2) is 18.2 Å². The third kappa shape index (κ3) is 3.39. The minimum absolute atomic E-state index is 0.103. The molecular formula is C12H13ClN2O3S. The van der Waals surface area contributed by atoms with Gasteiger partial charge in [-0.2, -0.15) is 11.8 Å². The highest BCUT2D eigenvalue weighted by atomic mass is 35.5. The molecule has 1 aliphatic rings. The third-order valence-electron chi connectivity index (χ3n) is 2.92. The van der Waals surface area contributed by atoms with Gasteiger partial charge < -0.3 is 5.32 Å². The molecule has 1 N–H and O–H groups in total. The molecule has 19 heavy (non-hydrogen) atoms. The van der Waals surface area contributed by atoms with E-state index in [-0.39, 0.29) is 28.2 Å². The Morgan fingerprint density at radius 1 is 1.53 bits per heavy atom. The first-order valence-corrected chi connectivity index (χ1v) is 7.44. The number of thioether (sulfide) groups is 1. The maximum Gasteiger partial charge on any atom is 0.288 e. The highest BCUT2D eigenvalue weighted by Gasteiger charge is 2.22. The number of nitrogens with zero attached hydrogens (tertiary/aromatic N) is 1. The van der Waals surface area contributed by atoms with Crippen molar-refractivity contribution in [2.75, 3.05) is 11.5 Å². The van der Waals surface area contributed by atoms with E-state index in [9.17, 15) is 14.9 Å². The molecule has 0 saturated carbocycles. The molecule has 0 bridgehead atoms. The lowest BCUT2D eigenvalue weighted by molar-refractivity contribution is -0.384. The van der Waals surface area contributed by atoms with Gasteiger partial charge in [0.2, 0.25) is 0 Å². The van der Waals surface area contributed by atoms with Crippen LogP contribution < -0.4 is 5.32 Å². The zero-order valence-electron chi connectivity index (χ0n) is 10.1. The van der Waals surface area contributed by atoms with Gasteiger partial charge in [0.15, 0.2) is 0 Å². The first-order chi connectivity index (χ1) is 9.09. The van der Waals surface area contributed by atoms with Crippen molar-refractivity contribution in [2.24, 2.45) is 0 Å². The molecule has 1 aromatic rings. The second-order valence-electron chi connectivity index (χ2n) is 4.28. The Morgan fingerprint density at radius 2 is 2.32 bits per heavy atom. The molecule has 0 spiro atoms. The first-order valence-electron chi connectivity index (χ1n) is 5.91. The molecule has 7 heteroatoms. The summed E-state index contributed by atoms with van der Waals surface area (Å²) in [4.78, 5) is 22.3. The monoisotopic (exact) mass is 300 g/mol. The second kappa shape index (κ2) is 6.25. The van der Waals surface area contributed by atoms with E-state index in [1.807, 2.05) is 0 Å². The smallest absolute Gasteiger partial charge is 0.288 e. The van der Waals surface area contributed by atoms with Gasteiger partial charge in [-0.25, -0.2) is 0 Å². The van der Waals surface area contributed by atoms with Crippen LogP contribution >= 0.6 is 23.4 Å². The van der Waals surface area contributed by atoms with Gasteiger partial charge in [0.25, 0.3) is 11.6 Å². The molecule has 1 heterocycles. The molecule has 5 nitrogen and oxygen atoms in total. The van der Waals surface area contributed by atoms with Gasteiger partial charge in [-0.1, -0.05) is 17.7 Å². The van der Waals surface area contributed by atoms with Crippen LogP contribution in [0.3, 0.4) is 0 Å². The fourth-order valence-electron chi connectivity index (χ4n) is 1.95. The van der Waals surface area contributed by atoms with Crippen LogP contribution in [0.25, 0.3) is 0 Å². The summed E-state index contributed by atoms with van der Waals surface area (Å²) < 4.78 is 0. The van der Waals surface area contributed by atoms with Crippen molar-refractivity contribution >= 4 is 35.0 Å². The Morgan fingerprint density at radius 3 is 2.95 bits per heavy atom. The Balaban J connectivity index is 2.14. The van der Waals surface area contributed by atoms with Crippen molar-refractivity contribution in [3.63, 3.8) is 0 Å². The lowest BCUT2D eigenvalue weighted by Gasteiger charge is -2.22. The minimum atomic E-state index is -0.588. The van der Waals surface area contributed by atoms with Crippen LogP contribution in [0.4, 0.5) is 5.69 Å². The van der Waals surface area contributed by atoms with Crippen molar-refractivity contribution in [3.8, 4) is 0 Å². The zero-order chi connectivity index (χ0) is 13.8. The number of nitro groups is 1. The van der Waals surface area contributed by atoms with Gasteiger partial charge in [-0.05, 0) is 24.7 Å². The molecule has 1 saturated heterocycles. The number of nitrogens with one attached hydrogen (secondary N) is 1. The van der Waals surface area contributed by atoms with Crippen LogP contribution in [-0.4, -0.2) is 28.4 Å². The molecule has 1 aliphatic heterocycles. The Labute approximate surface area is 119 Å². The van der Waals surface area contributed by atoms with E-state index in [0.717, 1.165) is 24.3 Å². The van der Waals surface area contributed by atoms with Crippen LogP contribution in [-0.2, 0) is 0 Å². The van der Waals surface area contributed by atoms with Gasteiger partial charge in [-0.15, -0.1) is 0 Å². The highest BCUT2D eigenvalue weighted by Crippen LogP contribution is 2.28. The number of carbonyl (C=O) groups excluding carboxylic acids is 1. The maximum atomic E-state index is 12.1. The summed E-state index contributed by atoms with van der Waals surface area (Å²) in [6.07, 6.45) is 2.00. The molecule has 1 aromatic carbocycles. The number of carbonyl (C=O) groups is 1. The fraction of sp³-hybridized carbons (Fsp3) is 0.417. The number of rotatable bonds is 3. The average Bonchev–Trinajstić information content (AvgIpc) is 2.39. The summed E-state index contributed by atoms with van der Waals surface area (Å²) in [7, 11) is 0. The normalized spacial score (nSPS) is 18.9. The predicted octanol–water partition coefficient (Wildman–Crippen LogP) is 2.87. The molecule has 1 atom stereocenters. The fourth-order valence-corrected chi connectivity index (χ4v) is 3.31. The highest BCUT2D eigenvalue weighted by molar-refractivity contribution is 7.99. The van der Waals surface area contributed by atoms with Crippen LogP contribution in [0.5, 0.6) is 0 Å². The third-order valence-corrected chi connectivity index (χ3v) is 4.53. The zero-order valence-corrected chi connectivity index (χ0v) is 11.7. The van der Waals surface area contributed by atoms with Crippen molar-refractivity contribution in [1.82, 2.24) is 5.32 Å². The predicted molar refractivity (Wildman–Crippen MR) is 75.9 cm³/mol. The van der Waals surface area contributed by atoms with Gasteiger partial charge in [0.05, 0.1) is 10.5 Å². The Bertz CT molecular complexity index is 504. The van der Waals surface area contributed by atoms with Crippen LogP contribution in [0.1, 0.15) is 23.2 Å². The first kappa shape index (κ1) is 14.1. The molecule has 1 unspecified atom stereocenters. The van der Waals surface area contributed by atoms with E-state index >= 15 is 0 Å². The largest absolute Gasteiger partial charge is 0.348 e. The lowest BCUT2D eigenvalue weighted by atomic mass is 10.1. The standard InChI is InChI=1S/C12H13ClN2O3S/c13-11-9(4-1-5-10(11)15(17)18)12(16)14-8-3-2-6-19-7-8/h1,4-5,8H,2-3,6-7H2,(H,14,16). The molecule has 2 rings (SSSR count). The molecule has 0 aromatic heterocycles. The molecule has 0 radical (unpaired) electrons. The van der Waals surface area contributed by atoms with Crippen LogP contribution in [0.2, 0.25) is 5.02 Å². The van der Waals surface area contributed by atoms with E-state index in [1.54, 1.807) is 11.8 Å². The summed E-state index contributed by atoms with van der Waals surface area (Å²) in [5.74, 6) is 1.64. The average molecular weight is 301 g/mol. The maximum absolute atomic E-state index is 12.1. The van der Waals surface area contributed by atoms with Crippen molar-refractivity contribution in [2.45, 2.75) is 18.9 Å². The van der Waals surface area contributed by atoms with E-state index in [2.05, 4.69) is 5.32 Å². The van der Waals surface area contributed by atoms with E-state index < -0.39 is 4.92 Å². The molecule has 1 fully saturated rings. The van der Waals surface area contributed by atoms with Crippen molar-refractivity contribution < 1.29 is 9.72 Å². The Kier molecular flexibility index (Phi) is 4.66. The molecule has 102 valence electrons. The topological polar surface area (TPSA) is 72.2 Å². The van der Waals surface area contributed by atoms with E-state index in [1.165, 1.54) is 18.2 Å². The number of hydrogen-bond donors (Lipinski definition) is 1.